The molecule has 0 aliphatic carbocycles. The zero-order valence-corrected chi connectivity index (χ0v) is 17.5. The van der Waals surface area contributed by atoms with Crippen molar-refractivity contribution in [1.29, 1.82) is 0 Å². The van der Waals surface area contributed by atoms with Crippen molar-refractivity contribution in [3.05, 3.63) is 70.0 Å². The summed E-state index contributed by atoms with van der Waals surface area (Å²) >= 11 is 4.63. The topological polar surface area (TPSA) is 64.6 Å². The zero-order valence-electron chi connectivity index (χ0n) is 15.1. The molecule has 0 spiro atoms. The Hall–Kier alpha value is -2.64. The smallest absolute Gasteiger partial charge is 0.341 e. The van der Waals surface area contributed by atoms with Crippen LogP contribution in [0.2, 0.25) is 0 Å². The molecule has 3 rings (SSSR count). The number of nitrogens with one attached hydrogen (secondary N) is 1. The second kappa shape index (κ2) is 9.52. The predicted molar refractivity (Wildman–Crippen MR) is 114 cm³/mol. The number of carbonyl (C=O) groups excluding carboxylic acids is 2. The Bertz CT molecular complexity index is 954. The Kier molecular flexibility index (Phi) is 6.84. The third-order valence-electron chi connectivity index (χ3n) is 3.79. The van der Waals surface area contributed by atoms with Gasteiger partial charge in [-0.3, -0.25) is 4.79 Å². The minimum absolute atomic E-state index is 0.164. The molecule has 5 nitrogen and oxygen atoms in total. The van der Waals surface area contributed by atoms with Gasteiger partial charge in [0.2, 0.25) is 0 Å². The molecule has 2 aromatic carbocycles. The molecule has 1 N–H and O–H groups in total. The minimum Gasteiger partial charge on any atom is -0.484 e. The molecule has 0 atom stereocenters. The van der Waals surface area contributed by atoms with Gasteiger partial charge >= 0.3 is 5.97 Å². The molecular weight excluding hydrogens is 442 g/mol. The summed E-state index contributed by atoms with van der Waals surface area (Å²) in [5, 5.41) is 5.05. The number of benzene rings is 2. The van der Waals surface area contributed by atoms with Crippen molar-refractivity contribution in [2.45, 2.75) is 6.92 Å². The Morgan fingerprint density at radius 1 is 1.07 bits per heavy atom. The summed E-state index contributed by atoms with van der Waals surface area (Å²) in [5.41, 5.74) is 1.97. The van der Waals surface area contributed by atoms with Crippen LogP contribution >= 0.6 is 27.3 Å². The average Bonchev–Trinajstić information content (AvgIpc) is 3.12. The maximum absolute atomic E-state index is 12.5. The zero-order chi connectivity index (χ0) is 19.9. The van der Waals surface area contributed by atoms with Gasteiger partial charge in [0.1, 0.15) is 16.3 Å². The lowest BCUT2D eigenvalue weighted by Crippen LogP contribution is -2.21. The van der Waals surface area contributed by atoms with Gasteiger partial charge < -0.3 is 14.8 Å². The summed E-state index contributed by atoms with van der Waals surface area (Å²) in [7, 11) is 0. The number of carbonyl (C=O) groups is 2. The lowest BCUT2D eigenvalue weighted by molar-refractivity contribution is -0.118. The molecule has 0 fully saturated rings. The third-order valence-corrected chi connectivity index (χ3v) is 5.22. The van der Waals surface area contributed by atoms with Crippen LogP contribution in [-0.4, -0.2) is 25.1 Å². The lowest BCUT2D eigenvalue weighted by Gasteiger charge is -2.10. The van der Waals surface area contributed by atoms with Gasteiger partial charge in [-0.1, -0.05) is 46.3 Å². The number of esters is 1. The van der Waals surface area contributed by atoms with Crippen LogP contribution < -0.4 is 10.1 Å². The fraction of sp³-hybridized carbons (Fsp3) is 0.143. The van der Waals surface area contributed by atoms with Crippen molar-refractivity contribution in [2.24, 2.45) is 0 Å². The highest BCUT2D eigenvalue weighted by Gasteiger charge is 2.22. The number of thiophene rings is 1. The molecule has 3 aromatic rings. The highest BCUT2D eigenvalue weighted by atomic mass is 79.9. The van der Waals surface area contributed by atoms with Crippen LogP contribution in [0.3, 0.4) is 0 Å². The molecule has 0 saturated heterocycles. The standard InChI is InChI=1S/C21H18BrNO4S/c1-2-26-21(25)19-17(14-6-4-3-5-7-14)13-28-20(19)23-18(24)12-27-16-10-8-15(22)9-11-16/h3-11,13H,2,12H2,1H3,(H,23,24). The van der Waals surface area contributed by atoms with E-state index >= 15 is 0 Å². The Morgan fingerprint density at radius 3 is 2.46 bits per heavy atom. The number of amides is 1. The first-order valence-electron chi connectivity index (χ1n) is 8.60. The van der Waals surface area contributed by atoms with Crippen LogP contribution in [0.1, 0.15) is 17.3 Å². The molecule has 28 heavy (non-hydrogen) atoms. The van der Waals surface area contributed by atoms with Crippen LogP contribution in [0.4, 0.5) is 5.00 Å². The summed E-state index contributed by atoms with van der Waals surface area (Å²) in [5.74, 6) is -0.234. The quantitative estimate of drug-likeness (QED) is 0.482. The van der Waals surface area contributed by atoms with Gasteiger partial charge in [-0.05, 0) is 36.8 Å². The summed E-state index contributed by atoms with van der Waals surface area (Å²) in [6.45, 7) is 1.84. The predicted octanol–water partition coefficient (Wildman–Crippen LogP) is 5.37. The molecule has 0 unspecified atom stereocenters. The lowest BCUT2D eigenvalue weighted by atomic mass is 10.0. The number of hydrogen-bond acceptors (Lipinski definition) is 5. The van der Waals surface area contributed by atoms with Crippen LogP contribution in [0.5, 0.6) is 5.75 Å². The highest BCUT2D eigenvalue weighted by Crippen LogP contribution is 2.36. The number of ether oxygens (including phenoxy) is 2. The summed E-state index contributed by atoms with van der Waals surface area (Å²) in [4.78, 5) is 24.9. The molecule has 1 heterocycles. The Labute approximate surface area is 175 Å². The van der Waals surface area contributed by atoms with E-state index in [1.807, 2.05) is 47.8 Å². The maximum atomic E-state index is 12.5. The monoisotopic (exact) mass is 459 g/mol. The molecule has 1 aromatic heterocycles. The highest BCUT2D eigenvalue weighted by molar-refractivity contribution is 9.10. The minimum atomic E-state index is -0.466. The van der Waals surface area contributed by atoms with Crippen molar-refractivity contribution >= 4 is 44.1 Å². The van der Waals surface area contributed by atoms with Gasteiger partial charge in [-0.15, -0.1) is 11.3 Å². The van der Waals surface area contributed by atoms with Crippen LogP contribution in [-0.2, 0) is 9.53 Å². The van der Waals surface area contributed by atoms with E-state index in [1.54, 1.807) is 19.1 Å². The van der Waals surface area contributed by atoms with Crippen LogP contribution in [0, 0.1) is 0 Å². The molecule has 144 valence electrons. The fourth-order valence-corrected chi connectivity index (χ4v) is 3.77. The van der Waals surface area contributed by atoms with Crippen molar-refractivity contribution in [3.63, 3.8) is 0 Å². The van der Waals surface area contributed by atoms with E-state index < -0.39 is 5.97 Å². The van der Waals surface area contributed by atoms with Crippen LogP contribution in [0.15, 0.2) is 64.5 Å². The molecule has 7 heteroatoms. The molecule has 0 aliphatic heterocycles. The molecule has 0 aliphatic rings. The normalized spacial score (nSPS) is 10.4. The van der Waals surface area contributed by atoms with E-state index in [0.717, 1.165) is 15.6 Å². The van der Waals surface area contributed by atoms with Gasteiger partial charge in [0, 0.05) is 15.4 Å². The summed E-state index contributed by atoms with van der Waals surface area (Å²) in [6.07, 6.45) is 0. The van der Waals surface area contributed by atoms with Gasteiger partial charge in [-0.2, -0.15) is 0 Å². The van der Waals surface area contributed by atoms with Crippen molar-refractivity contribution in [2.75, 3.05) is 18.5 Å². The first kappa shape index (κ1) is 20.1. The van der Waals surface area contributed by atoms with Crippen molar-refractivity contribution < 1.29 is 19.1 Å². The number of rotatable bonds is 7. The first-order chi connectivity index (χ1) is 13.6. The maximum Gasteiger partial charge on any atom is 0.341 e. The summed E-state index contributed by atoms with van der Waals surface area (Å²) in [6, 6.07) is 16.7. The van der Waals surface area contributed by atoms with E-state index in [0.29, 0.717) is 16.3 Å². The molecule has 0 saturated carbocycles. The van der Waals surface area contributed by atoms with E-state index in [1.165, 1.54) is 11.3 Å². The largest absolute Gasteiger partial charge is 0.484 e. The molecule has 1 amide bonds. The van der Waals surface area contributed by atoms with Gasteiger partial charge in [0.25, 0.3) is 5.91 Å². The van der Waals surface area contributed by atoms with E-state index in [-0.39, 0.29) is 19.1 Å². The van der Waals surface area contributed by atoms with Gasteiger partial charge in [-0.25, -0.2) is 4.79 Å². The van der Waals surface area contributed by atoms with Crippen molar-refractivity contribution in [1.82, 2.24) is 0 Å². The Morgan fingerprint density at radius 2 is 1.79 bits per heavy atom. The second-order valence-electron chi connectivity index (χ2n) is 5.73. The van der Waals surface area contributed by atoms with E-state index in [4.69, 9.17) is 9.47 Å². The second-order valence-corrected chi connectivity index (χ2v) is 7.53. The molecular formula is C21H18BrNO4S. The van der Waals surface area contributed by atoms with Crippen LogP contribution in [0.25, 0.3) is 11.1 Å². The first-order valence-corrected chi connectivity index (χ1v) is 10.3. The van der Waals surface area contributed by atoms with E-state index in [2.05, 4.69) is 21.2 Å². The average molecular weight is 460 g/mol. The molecule has 0 bridgehead atoms. The van der Waals surface area contributed by atoms with E-state index in [9.17, 15) is 9.59 Å². The Balaban J connectivity index is 1.77. The number of anilines is 1. The molecule has 0 radical (unpaired) electrons. The van der Waals surface area contributed by atoms with Crippen molar-refractivity contribution in [3.8, 4) is 16.9 Å². The summed E-state index contributed by atoms with van der Waals surface area (Å²) < 4.78 is 11.6. The third kappa shape index (κ3) is 4.99. The van der Waals surface area contributed by atoms with Gasteiger partial charge in [0.05, 0.1) is 6.61 Å². The number of halogens is 1. The van der Waals surface area contributed by atoms with Gasteiger partial charge in [0.15, 0.2) is 6.61 Å². The number of hydrogen-bond donors (Lipinski definition) is 1. The fourth-order valence-electron chi connectivity index (χ4n) is 2.53. The SMILES string of the molecule is CCOC(=O)c1c(-c2ccccc2)csc1NC(=O)COc1ccc(Br)cc1.